The molecule has 10 heteroatoms. The van der Waals surface area contributed by atoms with Gasteiger partial charge in [0.1, 0.15) is 11.7 Å². The van der Waals surface area contributed by atoms with Crippen LogP contribution in [0.2, 0.25) is 0 Å². The molecule has 0 saturated carbocycles. The van der Waals surface area contributed by atoms with E-state index in [0.29, 0.717) is 19.7 Å². The smallest absolute Gasteiger partial charge is 0.410 e. The van der Waals surface area contributed by atoms with Gasteiger partial charge in [-0.15, -0.1) is 24.0 Å². The van der Waals surface area contributed by atoms with Crippen molar-refractivity contribution in [2.75, 3.05) is 72.1 Å². The van der Waals surface area contributed by atoms with Crippen LogP contribution in [0.5, 0.6) is 0 Å². The lowest BCUT2D eigenvalue weighted by Crippen LogP contribution is -2.53. The number of hydrogen-bond donors (Lipinski definition) is 1. The first-order valence-corrected chi connectivity index (χ1v) is 11.8. The third-order valence-corrected chi connectivity index (χ3v) is 5.81. The third-order valence-electron chi connectivity index (χ3n) is 5.81. The molecule has 3 fully saturated rings. The topological polar surface area (TPSA) is 78.9 Å². The van der Waals surface area contributed by atoms with Crippen LogP contribution >= 0.6 is 24.0 Å². The number of ether oxygens (including phenoxy) is 3. The fourth-order valence-electron chi connectivity index (χ4n) is 4.19. The zero-order chi connectivity index (χ0) is 22.3. The Morgan fingerprint density at radius 3 is 2.41 bits per heavy atom. The Bertz CT molecular complexity index is 602. The second kappa shape index (κ2) is 13.1. The SMILES string of the molecule is CCNC(=NCCN1CCN(C(=O)OC(C)(C)C)CC1)N1CCOC(C2CCCO2)C1.I. The standard InChI is InChI=1S/C22H41N5O4.HI/c1-5-23-20(27-14-16-30-19(17-27)18-7-6-15-29-18)24-8-9-25-10-12-26(13-11-25)21(28)31-22(2,3)4;/h18-19H,5-17H2,1-4H3,(H,23,24);1H. The summed E-state index contributed by atoms with van der Waals surface area (Å²) in [4.78, 5) is 23.6. The summed E-state index contributed by atoms with van der Waals surface area (Å²) in [5, 5.41) is 3.44. The molecule has 0 aromatic carbocycles. The summed E-state index contributed by atoms with van der Waals surface area (Å²) in [6.07, 6.45) is 2.34. The number of carbonyl (C=O) groups excluding carboxylic acids is 1. The van der Waals surface area contributed by atoms with Crippen LogP contribution in [0.15, 0.2) is 4.99 Å². The van der Waals surface area contributed by atoms with Crippen LogP contribution in [-0.4, -0.2) is 117 Å². The molecule has 0 spiro atoms. The van der Waals surface area contributed by atoms with Gasteiger partial charge in [-0.05, 0) is 40.5 Å². The van der Waals surface area contributed by atoms with Gasteiger partial charge in [0.05, 0.1) is 19.3 Å². The first kappa shape index (κ1) is 27.4. The maximum Gasteiger partial charge on any atom is 0.410 e. The van der Waals surface area contributed by atoms with E-state index in [4.69, 9.17) is 19.2 Å². The normalized spacial score (nSPS) is 25.4. The number of morpholine rings is 1. The van der Waals surface area contributed by atoms with Gasteiger partial charge in [-0.1, -0.05) is 0 Å². The summed E-state index contributed by atoms with van der Waals surface area (Å²) in [5.74, 6) is 0.959. The van der Waals surface area contributed by atoms with Crippen LogP contribution in [0.4, 0.5) is 4.79 Å². The Morgan fingerprint density at radius 2 is 1.78 bits per heavy atom. The van der Waals surface area contributed by atoms with Gasteiger partial charge in [-0.25, -0.2) is 4.79 Å². The minimum absolute atomic E-state index is 0. The number of guanidine groups is 1. The number of halogens is 1. The molecular formula is C22H42IN5O4. The van der Waals surface area contributed by atoms with E-state index in [1.165, 1.54) is 0 Å². The van der Waals surface area contributed by atoms with Gasteiger partial charge < -0.3 is 29.3 Å². The van der Waals surface area contributed by atoms with Gasteiger partial charge in [-0.2, -0.15) is 0 Å². The maximum absolute atomic E-state index is 12.2. The molecule has 2 unspecified atom stereocenters. The first-order valence-electron chi connectivity index (χ1n) is 11.8. The lowest BCUT2D eigenvalue weighted by molar-refractivity contribution is -0.0817. The number of rotatable bonds is 5. The molecule has 0 aromatic rings. The molecule has 3 saturated heterocycles. The number of carbonyl (C=O) groups is 1. The van der Waals surface area contributed by atoms with Crippen molar-refractivity contribution in [3.63, 3.8) is 0 Å². The number of piperazine rings is 1. The van der Waals surface area contributed by atoms with Crippen LogP contribution in [0.3, 0.4) is 0 Å². The molecule has 3 aliphatic heterocycles. The largest absolute Gasteiger partial charge is 0.444 e. The van der Waals surface area contributed by atoms with Crippen molar-refractivity contribution in [2.45, 2.75) is 58.3 Å². The van der Waals surface area contributed by atoms with Crippen LogP contribution in [0, 0.1) is 0 Å². The van der Waals surface area contributed by atoms with Crippen LogP contribution < -0.4 is 5.32 Å². The number of nitrogens with one attached hydrogen (secondary N) is 1. The molecule has 2 atom stereocenters. The summed E-state index contributed by atoms with van der Waals surface area (Å²) in [6.45, 7) is 16.6. The maximum atomic E-state index is 12.2. The molecule has 1 amide bonds. The molecular weight excluding hydrogens is 525 g/mol. The van der Waals surface area contributed by atoms with E-state index >= 15 is 0 Å². The predicted molar refractivity (Wildman–Crippen MR) is 136 cm³/mol. The fourth-order valence-corrected chi connectivity index (χ4v) is 4.19. The van der Waals surface area contributed by atoms with Crippen molar-refractivity contribution in [1.82, 2.24) is 20.0 Å². The molecule has 0 aromatic heterocycles. The summed E-state index contributed by atoms with van der Waals surface area (Å²) in [6, 6.07) is 0. The van der Waals surface area contributed by atoms with E-state index in [2.05, 4.69) is 22.0 Å². The van der Waals surface area contributed by atoms with Gasteiger partial charge in [0.25, 0.3) is 0 Å². The molecule has 0 aliphatic carbocycles. The monoisotopic (exact) mass is 567 g/mol. The second-order valence-corrected chi connectivity index (χ2v) is 9.45. The quantitative estimate of drug-likeness (QED) is 0.310. The number of aliphatic imine (C=N–C) groups is 1. The number of amides is 1. The van der Waals surface area contributed by atoms with E-state index < -0.39 is 5.60 Å². The highest BCUT2D eigenvalue weighted by Crippen LogP contribution is 2.21. The van der Waals surface area contributed by atoms with Crippen LogP contribution in [0.25, 0.3) is 0 Å². The van der Waals surface area contributed by atoms with Gasteiger partial charge in [0.15, 0.2) is 5.96 Å². The summed E-state index contributed by atoms with van der Waals surface area (Å²) in [7, 11) is 0. The highest BCUT2D eigenvalue weighted by Gasteiger charge is 2.32. The molecule has 1 N–H and O–H groups in total. The summed E-state index contributed by atoms with van der Waals surface area (Å²) >= 11 is 0. The molecule has 9 nitrogen and oxygen atoms in total. The zero-order valence-corrected chi connectivity index (χ0v) is 22.5. The molecule has 0 bridgehead atoms. The molecule has 186 valence electrons. The molecule has 3 heterocycles. The van der Waals surface area contributed by atoms with Crippen molar-refractivity contribution in [3.05, 3.63) is 0 Å². The summed E-state index contributed by atoms with van der Waals surface area (Å²) < 4.78 is 17.3. The lowest BCUT2D eigenvalue weighted by atomic mass is 10.1. The average Bonchev–Trinajstić information content (AvgIpc) is 3.27. The van der Waals surface area contributed by atoms with Crippen LogP contribution in [0.1, 0.15) is 40.5 Å². The van der Waals surface area contributed by atoms with Crippen molar-refractivity contribution >= 4 is 36.0 Å². The highest BCUT2D eigenvalue weighted by molar-refractivity contribution is 14.0. The Kier molecular flexibility index (Phi) is 11.3. The Labute approximate surface area is 210 Å². The first-order chi connectivity index (χ1) is 14.9. The van der Waals surface area contributed by atoms with Crippen molar-refractivity contribution in [3.8, 4) is 0 Å². The Hall–Kier alpha value is -0.850. The molecule has 0 radical (unpaired) electrons. The Balaban J connectivity index is 0.00000363. The van der Waals surface area contributed by atoms with Gasteiger partial charge in [-0.3, -0.25) is 9.89 Å². The molecule has 32 heavy (non-hydrogen) atoms. The second-order valence-electron chi connectivity index (χ2n) is 9.45. The minimum atomic E-state index is -0.450. The minimum Gasteiger partial charge on any atom is -0.444 e. The highest BCUT2D eigenvalue weighted by atomic mass is 127. The third kappa shape index (κ3) is 8.49. The molecule has 3 rings (SSSR count). The van der Waals surface area contributed by atoms with E-state index in [1.54, 1.807) is 4.90 Å². The average molecular weight is 568 g/mol. The zero-order valence-electron chi connectivity index (χ0n) is 20.2. The number of hydrogen-bond acceptors (Lipinski definition) is 6. The van der Waals surface area contributed by atoms with Gasteiger partial charge in [0.2, 0.25) is 0 Å². The molecule has 3 aliphatic rings. The summed E-state index contributed by atoms with van der Waals surface area (Å²) in [5.41, 5.74) is -0.450. The Morgan fingerprint density at radius 1 is 1.06 bits per heavy atom. The van der Waals surface area contributed by atoms with Crippen molar-refractivity contribution < 1.29 is 19.0 Å². The van der Waals surface area contributed by atoms with Crippen molar-refractivity contribution in [2.24, 2.45) is 4.99 Å². The van der Waals surface area contributed by atoms with E-state index in [0.717, 1.165) is 71.2 Å². The van der Waals surface area contributed by atoms with Gasteiger partial charge >= 0.3 is 6.09 Å². The van der Waals surface area contributed by atoms with E-state index in [1.807, 2.05) is 20.8 Å². The fraction of sp³-hybridized carbons (Fsp3) is 0.909. The number of nitrogens with zero attached hydrogens (tertiary/aromatic N) is 4. The van der Waals surface area contributed by atoms with Crippen molar-refractivity contribution in [1.29, 1.82) is 0 Å². The van der Waals surface area contributed by atoms with Crippen LogP contribution in [-0.2, 0) is 14.2 Å². The predicted octanol–water partition coefficient (Wildman–Crippen LogP) is 2.00. The van der Waals surface area contributed by atoms with E-state index in [-0.39, 0.29) is 42.3 Å². The lowest BCUT2D eigenvalue weighted by Gasteiger charge is -2.37. The van der Waals surface area contributed by atoms with Gasteiger partial charge in [0, 0.05) is 59.0 Å². The van der Waals surface area contributed by atoms with E-state index in [9.17, 15) is 4.79 Å².